The summed E-state index contributed by atoms with van der Waals surface area (Å²) in [6.45, 7) is 0. The van der Waals surface area contributed by atoms with Gasteiger partial charge in [-0.15, -0.1) is 0 Å². The Labute approximate surface area is 124 Å². The van der Waals surface area contributed by atoms with Gasteiger partial charge in [0.2, 0.25) is 0 Å². The minimum Gasteiger partial charge on any atom is -0.313 e. The summed E-state index contributed by atoms with van der Waals surface area (Å²) in [6, 6.07) is 10.2. The molecule has 0 saturated carbocycles. The fourth-order valence-corrected chi connectivity index (χ4v) is 1.68. The molecule has 0 aliphatic rings. The molecule has 2 aromatic carbocycles. The fraction of sp³-hybridized carbons (Fsp3) is 0. The molecule has 2 rings (SSSR count). The van der Waals surface area contributed by atoms with Crippen molar-refractivity contribution in [1.29, 1.82) is 0 Å². The van der Waals surface area contributed by atoms with Crippen molar-refractivity contribution in [3.63, 3.8) is 0 Å². The van der Waals surface area contributed by atoms with E-state index < -0.39 is 11.8 Å². The average Bonchev–Trinajstić information content (AvgIpc) is 2.43. The predicted molar refractivity (Wildman–Crippen MR) is 75.9 cm³/mol. The van der Waals surface area contributed by atoms with Crippen molar-refractivity contribution in [2.45, 2.75) is 0 Å². The Bertz CT molecular complexity index is 657. The SMILES string of the molecule is O=C(ON=Cc1ccc(F)c(Cl)c1)c1ccc(Cl)cc1. The number of nitrogens with zero attached hydrogens (tertiary/aromatic N) is 1. The summed E-state index contributed by atoms with van der Waals surface area (Å²) in [7, 11) is 0. The molecule has 0 spiro atoms. The lowest BCUT2D eigenvalue weighted by Crippen LogP contribution is -2.00. The highest BCUT2D eigenvalue weighted by atomic mass is 35.5. The maximum atomic E-state index is 12.9. The summed E-state index contributed by atoms with van der Waals surface area (Å²) in [6.07, 6.45) is 1.26. The van der Waals surface area contributed by atoms with Gasteiger partial charge < -0.3 is 4.84 Å². The number of rotatable bonds is 3. The fourth-order valence-electron chi connectivity index (χ4n) is 1.37. The second kappa shape index (κ2) is 6.50. The molecule has 2 aromatic rings. The zero-order chi connectivity index (χ0) is 14.5. The van der Waals surface area contributed by atoms with E-state index in [1.165, 1.54) is 36.5 Å². The van der Waals surface area contributed by atoms with Gasteiger partial charge in [-0.25, -0.2) is 9.18 Å². The highest BCUT2D eigenvalue weighted by molar-refractivity contribution is 6.31. The van der Waals surface area contributed by atoms with Gasteiger partial charge in [0.15, 0.2) is 0 Å². The molecule has 3 nitrogen and oxygen atoms in total. The molecule has 0 aliphatic heterocycles. The zero-order valence-corrected chi connectivity index (χ0v) is 11.5. The van der Waals surface area contributed by atoms with Crippen molar-refractivity contribution in [3.8, 4) is 0 Å². The van der Waals surface area contributed by atoms with Crippen LogP contribution >= 0.6 is 23.2 Å². The van der Waals surface area contributed by atoms with Crippen LogP contribution in [0.5, 0.6) is 0 Å². The molecule has 0 atom stereocenters. The Balaban J connectivity index is 2.00. The first-order valence-corrected chi connectivity index (χ1v) is 6.27. The summed E-state index contributed by atoms with van der Waals surface area (Å²) in [5.41, 5.74) is 0.837. The van der Waals surface area contributed by atoms with Crippen LogP contribution in [0.3, 0.4) is 0 Å². The number of benzene rings is 2. The monoisotopic (exact) mass is 311 g/mol. The normalized spacial score (nSPS) is 10.8. The first kappa shape index (κ1) is 14.5. The van der Waals surface area contributed by atoms with Gasteiger partial charge in [0.1, 0.15) is 5.82 Å². The summed E-state index contributed by atoms with van der Waals surface area (Å²) < 4.78 is 12.9. The summed E-state index contributed by atoms with van der Waals surface area (Å²) in [5, 5.41) is 4.01. The van der Waals surface area contributed by atoms with Crippen LogP contribution in [-0.2, 0) is 4.84 Å². The molecule has 102 valence electrons. The molecule has 0 amide bonds. The van der Waals surface area contributed by atoms with Crippen molar-refractivity contribution in [2.24, 2.45) is 5.16 Å². The van der Waals surface area contributed by atoms with E-state index in [0.717, 1.165) is 0 Å². The number of carbonyl (C=O) groups is 1. The third-order valence-corrected chi connectivity index (χ3v) is 2.90. The van der Waals surface area contributed by atoms with Crippen LogP contribution in [0.4, 0.5) is 4.39 Å². The second-order valence-corrected chi connectivity index (χ2v) is 4.64. The lowest BCUT2D eigenvalue weighted by molar-refractivity contribution is 0.0519. The number of oxime groups is 1. The van der Waals surface area contributed by atoms with Gasteiger partial charge in [0, 0.05) is 5.02 Å². The van der Waals surface area contributed by atoms with Crippen LogP contribution in [0.2, 0.25) is 10.0 Å². The lowest BCUT2D eigenvalue weighted by Gasteiger charge is -1.98. The Morgan fingerprint density at radius 1 is 1.15 bits per heavy atom. The Morgan fingerprint density at radius 2 is 1.85 bits per heavy atom. The first-order valence-electron chi connectivity index (χ1n) is 5.51. The van der Waals surface area contributed by atoms with E-state index in [1.54, 1.807) is 12.1 Å². The Hall–Kier alpha value is -1.91. The molecule has 0 saturated heterocycles. The van der Waals surface area contributed by atoms with E-state index in [9.17, 15) is 9.18 Å². The molecule has 0 fully saturated rings. The highest BCUT2D eigenvalue weighted by Gasteiger charge is 2.06. The summed E-state index contributed by atoms with van der Waals surface area (Å²) >= 11 is 11.3. The van der Waals surface area contributed by atoms with Crippen LogP contribution in [0.25, 0.3) is 0 Å². The van der Waals surface area contributed by atoms with Crippen molar-refractivity contribution >= 4 is 35.4 Å². The van der Waals surface area contributed by atoms with Gasteiger partial charge in [-0.3, -0.25) is 0 Å². The third-order valence-electron chi connectivity index (χ3n) is 2.36. The van der Waals surface area contributed by atoms with E-state index in [-0.39, 0.29) is 5.02 Å². The van der Waals surface area contributed by atoms with Gasteiger partial charge in [0.25, 0.3) is 0 Å². The number of halogens is 3. The predicted octanol–water partition coefficient (Wildman–Crippen LogP) is 4.32. The van der Waals surface area contributed by atoms with Gasteiger partial charge in [-0.2, -0.15) is 0 Å². The maximum Gasteiger partial charge on any atom is 0.365 e. The lowest BCUT2D eigenvalue weighted by atomic mass is 10.2. The van der Waals surface area contributed by atoms with Crippen LogP contribution in [-0.4, -0.2) is 12.2 Å². The smallest absolute Gasteiger partial charge is 0.313 e. The first-order chi connectivity index (χ1) is 9.56. The van der Waals surface area contributed by atoms with Gasteiger partial charge >= 0.3 is 5.97 Å². The molecule has 0 aliphatic carbocycles. The average molecular weight is 312 g/mol. The largest absolute Gasteiger partial charge is 0.365 e. The van der Waals surface area contributed by atoms with Crippen molar-refractivity contribution in [1.82, 2.24) is 0 Å². The third kappa shape index (κ3) is 3.79. The molecule has 0 aromatic heterocycles. The van der Waals surface area contributed by atoms with Gasteiger partial charge in [0.05, 0.1) is 16.8 Å². The highest BCUT2D eigenvalue weighted by Crippen LogP contribution is 2.15. The van der Waals surface area contributed by atoms with Crippen LogP contribution in [0, 0.1) is 5.82 Å². The van der Waals surface area contributed by atoms with E-state index in [4.69, 9.17) is 28.0 Å². The standard InChI is InChI=1S/C14H8Cl2FNO2/c15-11-4-2-10(3-5-11)14(19)20-18-8-9-1-6-13(17)12(16)7-9/h1-8H. The van der Waals surface area contributed by atoms with Crippen molar-refractivity contribution in [3.05, 3.63) is 69.5 Å². The Morgan fingerprint density at radius 3 is 2.50 bits per heavy atom. The summed E-state index contributed by atoms with van der Waals surface area (Å²) in [5.74, 6) is -1.15. The van der Waals surface area contributed by atoms with E-state index in [1.807, 2.05) is 0 Å². The van der Waals surface area contributed by atoms with E-state index in [0.29, 0.717) is 16.1 Å². The molecular weight excluding hydrogens is 304 g/mol. The van der Waals surface area contributed by atoms with Crippen molar-refractivity contribution < 1.29 is 14.0 Å². The van der Waals surface area contributed by atoms with Crippen LogP contribution < -0.4 is 0 Å². The van der Waals surface area contributed by atoms with Gasteiger partial charge in [-0.1, -0.05) is 34.4 Å². The maximum absolute atomic E-state index is 12.9. The molecule has 0 N–H and O–H groups in total. The molecule has 0 heterocycles. The van der Waals surface area contributed by atoms with Crippen LogP contribution in [0.15, 0.2) is 47.6 Å². The minimum absolute atomic E-state index is 0.0297. The second-order valence-electron chi connectivity index (χ2n) is 3.79. The topological polar surface area (TPSA) is 38.7 Å². The molecule has 0 unspecified atom stereocenters. The van der Waals surface area contributed by atoms with E-state index >= 15 is 0 Å². The molecule has 0 radical (unpaired) electrons. The van der Waals surface area contributed by atoms with Crippen LogP contribution in [0.1, 0.15) is 15.9 Å². The van der Waals surface area contributed by atoms with Gasteiger partial charge in [-0.05, 0) is 42.0 Å². The molecule has 20 heavy (non-hydrogen) atoms. The number of hydrogen-bond donors (Lipinski definition) is 0. The number of hydrogen-bond acceptors (Lipinski definition) is 3. The molecule has 6 heteroatoms. The quantitative estimate of drug-likeness (QED) is 0.481. The molecule has 0 bridgehead atoms. The summed E-state index contributed by atoms with van der Waals surface area (Å²) in [4.78, 5) is 16.3. The van der Waals surface area contributed by atoms with Crippen molar-refractivity contribution in [2.75, 3.05) is 0 Å². The minimum atomic E-state index is -0.619. The van der Waals surface area contributed by atoms with E-state index in [2.05, 4.69) is 5.16 Å². The molecular formula is C14H8Cl2FNO2. The Kier molecular flexibility index (Phi) is 4.71. The zero-order valence-electron chi connectivity index (χ0n) is 10.0. The number of carbonyl (C=O) groups excluding carboxylic acids is 1.